The van der Waals surface area contributed by atoms with Gasteiger partial charge in [0.2, 0.25) is 0 Å². The van der Waals surface area contributed by atoms with E-state index >= 15 is 0 Å². The first-order chi connectivity index (χ1) is 10.2. The van der Waals surface area contributed by atoms with Crippen LogP contribution in [-0.2, 0) is 14.2 Å². The second-order valence-electron chi connectivity index (χ2n) is 3.97. The Bertz CT molecular complexity index is 456. The minimum Gasteiger partial charge on any atom is -0.512 e. The molecular weight excluding hydrogens is 335 g/mol. The van der Waals surface area contributed by atoms with E-state index in [1.807, 2.05) is 0 Å². The summed E-state index contributed by atoms with van der Waals surface area (Å²) < 4.78 is 8.88. The van der Waals surface area contributed by atoms with E-state index in [-0.39, 0.29) is 22.7 Å². The molecule has 7 N–H and O–H groups in total. The molecule has 0 aromatic carbocycles. The van der Waals surface area contributed by atoms with E-state index in [9.17, 15) is 9.59 Å². The first kappa shape index (κ1) is 26.0. The number of aliphatic hydroxyl groups is 2. The molecule has 0 aromatic rings. The van der Waals surface area contributed by atoms with Gasteiger partial charge in [-0.25, -0.2) is 14.2 Å². The molecule has 0 unspecified atom stereocenters. The third-order valence-electron chi connectivity index (χ3n) is 2.18. The van der Waals surface area contributed by atoms with E-state index in [1.54, 1.807) is 13.8 Å². The molecule has 0 aliphatic rings. The highest BCUT2D eigenvalue weighted by molar-refractivity contribution is 7.45. The number of phosphoric acid groups is 1. The summed E-state index contributed by atoms with van der Waals surface area (Å²) in [7, 11) is -4.64. The predicted octanol–water partition coefficient (Wildman–Crippen LogP) is 1.70. The zero-order valence-electron chi connectivity index (χ0n) is 13.2. The second-order valence-corrected chi connectivity index (χ2v) is 5.00. The molecule has 10 nitrogen and oxygen atoms in total. The Balaban J connectivity index is -0.000000273. The summed E-state index contributed by atoms with van der Waals surface area (Å²) in [5, 5.41) is 34.1. The molecule has 0 radical (unpaired) electrons. The van der Waals surface area contributed by atoms with Gasteiger partial charge in [-0.05, 0) is 13.8 Å². The van der Waals surface area contributed by atoms with Crippen molar-refractivity contribution in [3.05, 3.63) is 22.7 Å². The van der Waals surface area contributed by atoms with E-state index in [0.29, 0.717) is 12.8 Å². The third-order valence-corrected chi connectivity index (χ3v) is 2.18. The lowest BCUT2D eigenvalue weighted by atomic mass is 10.2. The van der Waals surface area contributed by atoms with Crippen LogP contribution in [0.25, 0.3) is 0 Å². The minimum atomic E-state index is -4.64. The van der Waals surface area contributed by atoms with Crippen molar-refractivity contribution in [2.24, 2.45) is 0 Å². The summed E-state index contributed by atoms with van der Waals surface area (Å²) in [6, 6.07) is 0. The molecule has 0 fully saturated rings. The summed E-state index contributed by atoms with van der Waals surface area (Å²) in [4.78, 5) is 41.7. The number of rotatable bonds is 4. The van der Waals surface area contributed by atoms with Crippen LogP contribution in [0.4, 0.5) is 0 Å². The normalized spacial score (nSPS) is 12.5. The van der Waals surface area contributed by atoms with Crippen LogP contribution < -0.4 is 0 Å². The molecule has 0 rings (SSSR count). The highest BCUT2D eigenvalue weighted by Crippen LogP contribution is 2.25. The van der Waals surface area contributed by atoms with Crippen LogP contribution in [0.1, 0.15) is 40.5 Å². The molecule has 0 saturated carbocycles. The molecule has 0 amide bonds. The standard InChI is InChI=1S/2C6H10O3.H3O4P/c2*1-3-5(7)4(2)6(8)9;1-5(2,3)4/h2*7H,3H2,1-2H3,(H,8,9);(H3,1,2,3,4)/b2*5-4+;. The Morgan fingerprint density at radius 1 is 0.739 bits per heavy atom. The van der Waals surface area contributed by atoms with Gasteiger partial charge in [-0.1, -0.05) is 13.8 Å². The van der Waals surface area contributed by atoms with Crippen molar-refractivity contribution >= 4 is 19.8 Å². The summed E-state index contributed by atoms with van der Waals surface area (Å²) in [6.07, 6.45) is 0.746. The molecule has 0 spiro atoms. The quantitative estimate of drug-likeness (QED) is 0.221. The molecule has 0 bridgehead atoms. The highest BCUT2D eigenvalue weighted by Gasteiger charge is 2.05. The minimum absolute atomic E-state index is 0.0255. The van der Waals surface area contributed by atoms with Crippen molar-refractivity contribution in [3.8, 4) is 0 Å². The maximum absolute atomic E-state index is 10.1. The predicted molar refractivity (Wildman–Crippen MR) is 80.8 cm³/mol. The molecule has 0 aliphatic carbocycles. The Labute approximate surface area is 133 Å². The number of hydrogen-bond donors (Lipinski definition) is 7. The molecule has 0 aromatic heterocycles. The maximum Gasteiger partial charge on any atom is 0.466 e. The fourth-order valence-electron chi connectivity index (χ4n) is 0.777. The zero-order chi connectivity index (χ0) is 19.4. The largest absolute Gasteiger partial charge is 0.512 e. The van der Waals surface area contributed by atoms with Crippen LogP contribution in [0.15, 0.2) is 22.7 Å². The van der Waals surface area contributed by atoms with Crippen molar-refractivity contribution in [1.29, 1.82) is 0 Å². The van der Waals surface area contributed by atoms with Crippen molar-refractivity contribution < 1.29 is 49.3 Å². The maximum atomic E-state index is 10.1. The summed E-state index contributed by atoms with van der Waals surface area (Å²) in [5.74, 6) is -2.23. The van der Waals surface area contributed by atoms with Crippen molar-refractivity contribution in [3.63, 3.8) is 0 Å². The van der Waals surface area contributed by atoms with E-state index in [1.165, 1.54) is 13.8 Å². The van der Waals surface area contributed by atoms with Gasteiger partial charge in [0, 0.05) is 12.8 Å². The van der Waals surface area contributed by atoms with Gasteiger partial charge in [0.15, 0.2) is 0 Å². The topological polar surface area (TPSA) is 193 Å². The number of aliphatic hydroxyl groups excluding tert-OH is 2. The Hall–Kier alpha value is -1.87. The smallest absolute Gasteiger partial charge is 0.466 e. The molecule has 0 saturated heterocycles. The number of allylic oxidation sites excluding steroid dienone is 2. The Morgan fingerprint density at radius 2 is 0.913 bits per heavy atom. The number of carboxylic acid groups (broad SMARTS) is 2. The van der Waals surface area contributed by atoms with Crippen molar-refractivity contribution in [2.75, 3.05) is 0 Å². The summed E-state index contributed by atoms with van der Waals surface area (Å²) in [5.41, 5.74) is 0.0509. The van der Waals surface area contributed by atoms with Crippen LogP contribution in [0.5, 0.6) is 0 Å². The van der Waals surface area contributed by atoms with Crippen molar-refractivity contribution in [1.82, 2.24) is 0 Å². The summed E-state index contributed by atoms with van der Waals surface area (Å²) >= 11 is 0. The number of carbonyl (C=O) groups is 2. The highest BCUT2D eigenvalue weighted by atomic mass is 31.2. The molecule has 0 heterocycles. The van der Waals surface area contributed by atoms with Gasteiger partial charge in [-0.2, -0.15) is 0 Å². The molecule has 11 heteroatoms. The Morgan fingerprint density at radius 3 is 0.957 bits per heavy atom. The fourth-order valence-corrected chi connectivity index (χ4v) is 0.777. The van der Waals surface area contributed by atoms with Crippen LogP contribution >= 0.6 is 7.82 Å². The first-order valence-corrected chi connectivity index (χ1v) is 7.77. The van der Waals surface area contributed by atoms with E-state index in [0.717, 1.165) is 0 Å². The second kappa shape index (κ2) is 12.7. The molecule has 0 atom stereocenters. The lowest BCUT2D eigenvalue weighted by Gasteiger charge is -1.95. The van der Waals surface area contributed by atoms with Gasteiger partial charge in [0.1, 0.15) is 11.5 Å². The van der Waals surface area contributed by atoms with Crippen LogP contribution in [0, 0.1) is 0 Å². The molecule has 23 heavy (non-hydrogen) atoms. The number of carboxylic acids is 2. The van der Waals surface area contributed by atoms with Crippen LogP contribution in [-0.4, -0.2) is 47.0 Å². The van der Waals surface area contributed by atoms with E-state index < -0.39 is 19.8 Å². The van der Waals surface area contributed by atoms with Gasteiger partial charge in [-0.3, -0.25) is 0 Å². The average Bonchev–Trinajstić information content (AvgIpc) is 2.42. The fraction of sp³-hybridized carbons (Fsp3) is 0.500. The third kappa shape index (κ3) is 20.1. The van der Waals surface area contributed by atoms with E-state index in [4.69, 9.17) is 39.7 Å². The van der Waals surface area contributed by atoms with Gasteiger partial charge >= 0.3 is 19.8 Å². The number of hydrogen-bond acceptors (Lipinski definition) is 5. The molecular formula is C12H23O10P. The molecule has 0 aliphatic heterocycles. The molecule has 136 valence electrons. The lowest BCUT2D eigenvalue weighted by Crippen LogP contribution is -1.99. The summed E-state index contributed by atoms with van der Waals surface area (Å²) in [6.45, 7) is 6.14. The lowest BCUT2D eigenvalue weighted by molar-refractivity contribution is -0.133. The first-order valence-electron chi connectivity index (χ1n) is 6.21. The van der Waals surface area contributed by atoms with Gasteiger partial charge < -0.3 is 35.1 Å². The van der Waals surface area contributed by atoms with Gasteiger partial charge in [-0.15, -0.1) is 0 Å². The number of aliphatic carboxylic acids is 2. The van der Waals surface area contributed by atoms with E-state index in [2.05, 4.69) is 0 Å². The zero-order valence-corrected chi connectivity index (χ0v) is 14.1. The van der Waals surface area contributed by atoms with Gasteiger partial charge in [0.05, 0.1) is 11.1 Å². The average molecular weight is 358 g/mol. The monoisotopic (exact) mass is 358 g/mol. The SMILES string of the molecule is CC/C(O)=C(/C)C(=O)O.CC/C(O)=C(/C)C(=O)O.O=P(O)(O)O. The van der Waals surface area contributed by atoms with Crippen LogP contribution in [0.2, 0.25) is 0 Å². The van der Waals surface area contributed by atoms with Crippen molar-refractivity contribution in [2.45, 2.75) is 40.5 Å². The van der Waals surface area contributed by atoms with Gasteiger partial charge in [0.25, 0.3) is 0 Å². The van der Waals surface area contributed by atoms with Crippen LogP contribution in [0.3, 0.4) is 0 Å². The Kier molecular flexibility index (Phi) is 14.3.